The normalized spacial score (nSPS) is 18.5. The second kappa shape index (κ2) is 3.31. The minimum Gasteiger partial charge on any atom is -0.504 e. The van der Waals surface area contributed by atoms with E-state index in [4.69, 9.17) is 0 Å². The zero-order valence-corrected chi connectivity index (χ0v) is 8.27. The van der Waals surface area contributed by atoms with Crippen molar-refractivity contribution in [1.82, 2.24) is 0 Å². The van der Waals surface area contributed by atoms with E-state index < -0.39 is 11.2 Å². The molecule has 1 aliphatic rings. The van der Waals surface area contributed by atoms with Crippen molar-refractivity contribution in [2.24, 2.45) is 0 Å². The van der Waals surface area contributed by atoms with Crippen LogP contribution in [0.5, 0.6) is 17.2 Å². The number of benzene rings is 1. The zero-order valence-electron chi connectivity index (χ0n) is 8.27. The molecule has 0 aliphatic heterocycles. The van der Waals surface area contributed by atoms with E-state index in [1.165, 1.54) is 6.07 Å². The monoisotopic (exact) mass is 210 g/mol. The Morgan fingerprint density at radius 3 is 2.20 bits per heavy atom. The van der Waals surface area contributed by atoms with Gasteiger partial charge in [0, 0.05) is 11.0 Å². The number of phenols is 3. The topological polar surface area (TPSA) is 80.9 Å². The van der Waals surface area contributed by atoms with Gasteiger partial charge >= 0.3 is 0 Å². The number of aliphatic hydroxyl groups excluding tert-OH is 1. The summed E-state index contributed by atoms with van der Waals surface area (Å²) in [6.45, 7) is -0.0508. The van der Waals surface area contributed by atoms with E-state index in [2.05, 4.69) is 0 Å². The lowest BCUT2D eigenvalue weighted by Crippen LogP contribution is -2.37. The molecule has 0 amide bonds. The Bertz CT molecular complexity index is 377. The molecule has 15 heavy (non-hydrogen) atoms. The third-order valence-electron chi connectivity index (χ3n) is 3.31. The lowest BCUT2D eigenvalue weighted by atomic mass is 9.64. The fourth-order valence-corrected chi connectivity index (χ4v) is 2.11. The highest BCUT2D eigenvalue weighted by atomic mass is 16.3. The van der Waals surface area contributed by atoms with Gasteiger partial charge in [0.2, 0.25) is 5.75 Å². The lowest BCUT2D eigenvalue weighted by molar-refractivity contribution is 0.117. The first kappa shape index (κ1) is 10.1. The molecule has 0 spiro atoms. The fraction of sp³-hybridized carbons (Fsp3) is 0.455. The molecular formula is C11H14O4. The Labute approximate surface area is 87.4 Å². The maximum Gasteiger partial charge on any atom is 0.200 e. The van der Waals surface area contributed by atoms with Gasteiger partial charge < -0.3 is 20.4 Å². The molecule has 1 aliphatic carbocycles. The Balaban J connectivity index is 2.49. The predicted octanol–water partition coefficient (Wildman–Crippen LogP) is 1.22. The van der Waals surface area contributed by atoms with Gasteiger partial charge in [0.25, 0.3) is 0 Å². The molecule has 2 rings (SSSR count). The highest BCUT2D eigenvalue weighted by molar-refractivity contribution is 5.56. The molecule has 1 saturated carbocycles. The van der Waals surface area contributed by atoms with Crippen LogP contribution in [0.25, 0.3) is 0 Å². The summed E-state index contributed by atoms with van der Waals surface area (Å²) in [4.78, 5) is 0. The van der Waals surface area contributed by atoms with Crippen molar-refractivity contribution in [1.29, 1.82) is 0 Å². The molecule has 1 aromatic carbocycles. The van der Waals surface area contributed by atoms with Crippen LogP contribution in [0.3, 0.4) is 0 Å². The van der Waals surface area contributed by atoms with Crippen molar-refractivity contribution in [3.05, 3.63) is 17.7 Å². The molecule has 0 atom stereocenters. The summed E-state index contributed by atoms with van der Waals surface area (Å²) in [7, 11) is 0. The van der Waals surface area contributed by atoms with E-state index in [0.29, 0.717) is 5.56 Å². The predicted molar refractivity (Wildman–Crippen MR) is 54.1 cm³/mol. The van der Waals surface area contributed by atoms with Gasteiger partial charge in [-0.2, -0.15) is 0 Å². The van der Waals surface area contributed by atoms with Crippen molar-refractivity contribution >= 4 is 0 Å². The molecule has 0 radical (unpaired) electrons. The Morgan fingerprint density at radius 2 is 1.73 bits per heavy atom. The minimum atomic E-state index is -0.507. The van der Waals surface area contributed by atoms with E-state index in [9.17, 15) is 20.4 Å². The third kappa shape index (κ3) is 1.33. The summed E-state index contributed by atoms with van der Waals surface area (Å²) in [5, 5.41) is 37.6. The van der Waals surface area contributed by atoms with Crippen LogP contribution in [-0.2, 0) is 5.41 Å². The van der Waals surface area contributed by atoms with Gasteiger partial charge in [-0.1, -0.05) is 12.5 Å². The van der Waals surface area contributed by atoms with Gasteiger partial charge in [-0.15, -0.1) is 0 Å². The number of aliphatic hydroxyl groups is 1. The van der Waals surface area contributed by atoms with E-state index in [-0.39, 0.29) is 18.1 Å². The number of aromatic hydroxyl groups is 3. The molecule has 0 saturated heterocycles. The van der Waals surface area contributed by atoms with Crippen molar-refractivity contribution in [2.75, 3.05) is 6.61 Å². The van der Waals surface area contributed by atoms with Crippen LogP contribution in [0.2, 0.25) is 0 Å². The van der Waals surface area contributed by atoms with Crippen molar-refractivity contribution in [2.45, 2.75) is 24.7 Å². The summed E-state index contributed by atoms with van der Waals surface area (Å²) in [5.74, 6) is -1.17. The van der Waals surface area contributed by atoms with Gasteiger partial charge in [-0.05, 0) is 18.9 Å². The number of hydrogen-bond donors (Lipinski definition) is 4. The van der Waals surface area contributed by atoms with Crippen LogP contribution >= 0.6 is 0 Å². The maximum absolute atomic E-state index is 9.69. The molecule has 0 unspecified atom stereocenters. The molecular weight excluding hydrogens is 196 g/mol. The Hall–Kier alpha value is -1.42. The Kier molecular flexibility index (Phi) is 2.23. The van der Waals surface area contributed by atoms with Crippen LogP contribution in [0.15, 0.2) is 12.1 Å². The van der Waals surface area contributed by atoms with Crippen LogP contribution in [0, 0.1) is 0 Å². The molecule has 1 aromatic rings. The molecule has 0 aromatic heterocycles. The second-order valence-electron chi connectivity index (χ2n) is 4.12. The molecule has 0 bridgehead atoms. The van der Waals surface area contributed by atoms with Crippen molar-refractivity contribution in [3.8, 4) is 17.2 Å². The largest absolute Gasteiger partial charge is 0.504 e. The zero-order chi connectivity index (χ0) is 11.1. The Morgan fingerprint density at radius 1 is 1.07 bits per heavy atom. The van der Waals surface area contributed by atoms with Crippen molar-refractivity contribution < 1.29 is 20.4 Å². The fourth-order valence-electron chi connectivity index (χ4n) is 2.11. The first-order valence-electron chi connectivity index (χ1n) is 4.96. The third-order valence-corrected chi connectivity index (χ3v) is 3.31. The average Bonchev–Trinajstić information content (AvgIpc) is 2.17. The summed E-state index contributed by atoms with van der Waals surface area (Å²) in [6.07, 6.45) is 2.59. The maximum atomic E-state index is 9.69. The molecule has 4 heteroatoms. The molecule has 0 heterocycles. The second-order valence-corrected chi connectivity index (χ2v) is 4.12. The summed E-state index contributed by atoms with van der Waals surface area (Å²) in [5.41, 5.74) is 0.0847. The average molecular weight is 210 g/mol. The SMILES string of the molecule is OCC1(c2ccc(O)c(O)c2O)CCC1. The number of phenolic OH excluding ortho intramolecular Hbond substituents is 3. The minimum absolute atomic E-state index is 0.0508. The summed E-state index contributed by atoms with van der Waals surface area (Å²) < 4.78 is 0. The highest BCUT2D eigenvalue weighted by Gasteiger charge is 2.40. The van der Waals surface area contributed by atoms with Crippen LogP contribution in [0.4, 0.5) is 0 Å². The number of hydrogen-bond acceptors (Lipinski definition) is 4. The van der Waals surface area contributed by atoms with Gasteiger partial charge in [-0.25, -0.2) is 0 Å². The first-order valence-corrected chi connectivity index (χ1v) is 4.96. The smallest absolute Gasteiger partial charge is 0.200 e. The molecule has 4 nitrogen and oxygen atoms in total. The first-order chi connectivity index (χ1) is 7.10. The van der Waals surface area contributed by atoms with E-state index >= 15 is 0 Å². The van der Waals surface area contributed by atoms with Crippen molar-refractivity contribution in [3.63, 3.8) is 0 Å². The van der Waals surface area contributed by atoms with Crippen LogP contribution in [0.1, 0.15) is 24.8 Å². The van der Waals surface area contributed by atoms with E-state index in [1.54, 1.807) is 6.07 Å². The molecule has 4 N–H and O–H groups in total. The van der Waals surface area contributed by atoms with Crippen LogP contribution < -0.4 is 0 Å². The number of rotatable bonds is 2. The van der Waals surface area contributed by atoms with E-state index in [1.807, 2.05) is 0 Å². The summed E-state index contributed by atoms with van der Waals surface area (Å²) >= 11 is 0. The van der Waals surface area contributed by atoms with Gasteiger partial charge in [0.1, 0.15) is 0 Å². The standard InChI is InChI=1S/C11H14O4/c12-6-11(4-1-5-11)7-2-3-8(13)10(15)9(7)14/h2-3,12-15H,1,4-6H2. The van der Waals surface area contributed by atoms with Gasteiger partial charge in [-0.3, -0.25) is 0 Å². The quantitative estimate of drug-likeness (QED) is 0.553. The molecule has 82 valence electrons. The van der Waals surface area contributed by atoms with Gasteiger partial charge in [0.15, 0.2) is 11.5 Å². The highest BCUT2D eigenvalue weighted by Crippen LogP contribution is 2.50. The van der Waals surface area contributed by atoms with Crippen LogP contribution in [-0.4, -0.2) is 27.0 Å². The summed E-state index contributed by atoms with van der Waals surface area (Å²) in [6, 6.07) is 2.89. The lowest BCUT2D eigenvalue weighted by Gasteiger charge is -2.41. The van der Waals surface area contributed by atoms with E-state index in [0.717, 1.165) is 19.3 Å². The van der Waals surface area contributed by atoms with Gasteiger partial charge in [0.05, 0.1) is 6.61 Å². The molecule has 1 fully saturated rings.